The Bertz CT molecular complexity index is 361. The normalized spacial score (nSPS) is 24.3. The zero-order valence-corrected chi connectivity index (χ0v) is 11.3. The van der Waals surface area contributed by atoms with E-state index in [4.69, 9.17) is 0 Å². The highest BCUT2D eigenvalue weighted by Crippen LogP contribution is 2.28. The van der Waals surface area contributed by atoms with Gasteiger partial charge in [-0.3, -0.25) is 9.78 Å². The van der Waals surface area contributed by atoms with E-state index in [2.05, 4.69) is 26.2 Å². The van der Waals surface area contributed by atoms with Gasteiger partial charge in [0.2, 0.25) is 0 Å². The second-order valence-corrected chi connectivity index (χ2v) is 5.84. The van der Waals surface area contributed by atoms with E-state index in [9.17, 15) is 4.79 Å². The summed E-state index contributed by atoms with van der Waals surface area (Å²) in [6.45, 7) is 0.773. The zero-order valence-electron chi connectivity index (χ0n) is 9.73. The molecule has 0 unspecified atom stereocenters. The smallest absolute Gasteiger partial charge is 0.269 e. The molecule has 1 aliphatic carbocycles. The molecule has 0 atom stereocenters. The van der Waals surface area contributed by atoms with Crippen LogP contribution in [-0.4, -0.2) is 22.3 Å². The summed E-state index contributed by atoms with van der Waals surface area (Å²) in [4.78, 5) is 16.5. The fraction of sp³-hybridized carbons (Fsp3) is 0.538. The third kappa shape index (κ3) is 3.80. The van der Waals surface area contributed by atoms with Crippen molar-refractivity contribution in [1.29, 1.82) is 0 Å². The average molecular weight is 297 g/mol. The summed E-state index contributed by atoms with van der Waals surface area (Å²) in [7, 11) is 0. The Hall–Kier alpha value is -0.900. The van der Waals surface area contributed by atoms with Gasteiger partial charge in [0, 0.05) is 17.6 Å². The van der Waals surface area contributed by atoms with Gasteiger partial charge in [0.05, 0.1) is 0 Å². The lowest BCUT2D eigenvalue weighted by Gasteiger charge is -2.25. The number of halogens is 1. The van der Waals surface area contributed by atoms with E-state index in [1.165, 1.54) is 25.7 Å². The summed E-state index contributed by atoms with van der Waals surface area (Å²) in [6.07, 6.45) is 6.45. The van der Waals surface area contributed by atoms with E-state index >= 15 is 0 Å². The first-order chi connectivity index (χ1) is 8.25. The maximum absolute atomic E-state index is 11.8. The fourth-order valence-electron chi connectivity index (χ4n) is 2.15. The maximum atomic E-state index is 11.8. The molecule has 1 aliphatic rings. The second kappa shape index (κ2) is 6.15. The van der Waals surface area contributed by atoms with Gasteiger partial charge in [0.15, 0.2) is 0 Å². The molecule has 0 spiro atoms. The standard InChI is InChI=1S/C13H17BrN2O/c14-11-6-4-10(5-7-11)9-16-13(17)12-3-1-2-8-15-12/h1-3,8,10-11H,4-7,9H2,(H,16,17). The highest BCUT2D eigenvalue weighted by atomic mass is 79.9. The largest absolute Gasteiger partial charge is 0.350 e. The Balaban J connectivity index is 1.77. The number of nitrogens with one attached hydrogen (secondary N) is 1. The quantitative estimate of drug-likeness (QED) is 0.872. The number of carbonyl (C=O) groups is 1. The van der Waals surface area contributed by atoms with E-state index in [1.54, 1.807) is 12.3 Å². The first-order valence-electron chi connectivity index (χ1n) is 6.09. The SMILES string of the molecule is O=C(NCC1CCC(Br)CC1)c1ccccn1. The lowest BCUT2D eigenvalue weighted by atomic mass is 9.89. The van der Waals surface area contributed by atoms with Crippen LogP contribution in [0.5, 0.6) is 0 Å². The Labute approximate surface area is 110 Å². The van der Waals surface area contributed by atoms with Crippen LogP contribution in [0.2, 0.25) is 0 Å². The molecular weight excluding hydrogens is 280 g/mol. The minimum atomic E-state index is -0.0634. The number of hydrogen-bond acceptors (Lipinski definition) is 2. The first-order valence-corrected chi connectivity index (χ1v) is 7.00. The Kier molecular flexibility index (Phi) is 4.54. The second-order valence-electron chi connectivity index (χ2n) is 4.54. The van der Waals surface area contributed by atoms with Gasteiger partial charge in [-0.15, -0.1) is 0 Å². The predicted octanol–water partition coefficient (Wildman–Crippen LogP) is 2.77. The maximum Gasteiger partial charge on any atom is 0.269 e. The number of hydrogen-bond donors (Lipinski definition) is 1. The average Bonchev–Trinajstić information content (AvgIpc) is 2.39. The van der Waals surface area contributed by atoms with Crippen molar-refractivity contribution in [2.45, 2.75) is 30.5 Å². The number of carbonyl (C=O) groups excluding carboxylic acids is 1. The van der Waals surface area contributed by atoms with Crippen molar-refractivity contribution < 1.29 is 4.79 Å². The van der Waals surface area contributed by atoms with Gasteiger partial charge in [-0.1, -0.05) is 22.0 Å². The molecule has 0 saturated heterocycles. The molecule has 17 heavy (non-hydrogen) atoms. The van der Waals surface area contributed by atoms with Crippen LogP contribution in [0.15, 0.2) is 24.4 Å². The van der Waals surface area contributed by atoms with E-state index in [1.807, 2.05) is 12.1 Å². The monoisotopic (exact) mass is 296 g/mol. The summed E-state index contributed by atoms with van der Waals surface area (Å²) in [5.74, 6) is 0.558. The van der Waals surface area contributed by atoms with E-state index in [0.29, 0.717) is 16.4 Å². The summed E-state index contributed by atoms with van der Waals surface area (Å²) >= 11 is 3.64. The van der Waals surface area contributed by atoms with Crippen molar-refractivity contribution in [2.24, 2.45) is 5.92 Å². The van der Waals surface area contributed by atoms with Crippen LogP contribution >= 0.6 is 15.9 Å². The molecule has 92 valence electrons. The molecule has 0 aliphatic heterocycles. The number of pyridine rings is 1. The lowest BCUT2D eigenvalue weighted by molar-refractivity contribution is 0.0939. The summed E-state index contributed by atoms with van der Waals surface area (Å²) in [5, 5.41) is 2.97. The molecule has 1 heterocycles. The Morgan fingerprint density at radius 3 is 2.76 bits per heavy atom. The summed E-state index contributed by atoms with van der Waals surface area (Å²) in [5.41, 5.74) is 0.502. The van der Waals surface area contributed by atoms with Gasteiger partial charge >= 0.3 is 0 Å². The summed E-state index contributed by atoms with van der Waals surface area (Å²) < 4.78 is 0. The van der Waals surface area contributed by atoms with Crippen LogP contribution in [0.1, 0.15) is 36.2 Å². The van der Waals surface area contributed by atoms with E-state index in [-0.39, 0.29) is 5.91 Å². The van der Waals surface area contributed by atoms with Crippen molar-refractivity contribution in [3.8, 4) is 0 Å². The van der Waals surface area contributed by atoms with Gasteiger partial charge in [-0.05, 0) is 43.7 Å². The predicted molar refractivity (Wildman–Crippen MR) is 71.2 cm³/mol. The zero-order chi connectivity index (χ0) is 12.1. The van der Waals surface area contributed by atoms with Crippen molar-refractivity contribution in [2.75, 3.05) is 6.54 Å². The van der Waals surface area contributed by atoms with Crippen LogP contribution in [-0.2, 0) is 0 Å². The van der Waals surface area contributed by atoms with E-state index in [0.717, 1.165) is 6.54 Å². The van der Waals surface area contributed by atoms with Gasteiger partial charge in [-0.25, -0.2) is 0 Å². The van der Waals surface area contributed by atoms with Gasteiger partial charge < -0.3 is 5.32 Å². The van der Waals surface area contributed by atoms with Crippen LogP contribution < -0.4 is 5.32 Å². The highest BCUT2D eigenvalue weighted by Gasteiger charge is 2.19. The third-order valence-corrected chi connectivity index (χ3v) is 4.14. The van der Waals surface area contributed by atoms with Crippen LogP contribution in [0.25, 0.3) is 0 Å². The molecule has 1 saturated carbocycles. The molecule has 2 rings (SSSR count). The lowest BCUT2D eigenvalue weighted by Crippen LogP contribution is -2.31. The third-order valence-electron chi connectivity index (χ3n) is 3.23. The van der Waals surface area contributed by atoms with Crippen molar-refractivity contribution >= 4 is 21.8 Å². The van der Waals surface area contributed by atoms with E-state index < -0.39 is 0 Å². The molecule has 1 aromatic heterocycles. The van der Waals surface area contributed by atoms with Crippen molar-refractivity contribution in [3.05, 3.63) is 30.1 Å². The van der Waals surface area contributed by atoms with Gasteiger partial charge in [0.25, 0.3) is 5.91 Å². The minimum absolute atomic E-state index is 0.0634. The number of rotatable bonds is 3. The first kappa shape index (κ1) is 12.6. The van der Waals surface area contributed by atoms with Crippen LogP contribution in [0.3, 0.4) is 0 Å². The van der Waals surface area contributed by atoms with Crippen LogP contribution in [0, 0.1) is 5.92 Å². The van der Waals surface area contributed by atoms with Crippen molar-refractivity contribution in [3.63, 3.8) is 0 Å². The molecule has 1 amide bonds. The molecule has 4 heteroatoms. The van der Waals surface area contributed by atoms with Gasteiger partial charge in [0.1, 0.15) is 5.69 Å². The molecule has 1 fully saturated rings. The topological polar surface area (TPSA) is 42.0 Å². The van der Waals surface area contributed by atoms with Crippen LogP contribution in [0.4, 0.5) is 0 Å². The molecule has 1 N–H and O–H groups in total. The fourth-order valence-corrected chi connectivity index (χ4v) is 2.68. The number of amides is 1. The molecule has 0 radical (unpaired) electrons. The number of alkyl halides is 1. The number of nitrogens with zero attached hydrogens (tertiary/aromatic N) is 1. The minimum Gasteiger partial charge on any atom is -0.350 e. The Morgan fingerprint density at radius 1 is 1.35 bits per heavy atom. The molecule has 0 bridgehead atoms. The summed E-state index contributed by atoms with van der Waals surface area (Å²) in [6, 6.07) is 5.39. The molecule has 3 nitrogen and oxygen atoms in total. The van der Waals surface area contributed by atoms with Gasteiger partial charge in [-0.2, -0.15) is 0 Å². The molecule has 0 aromatic carbocycles. The highest BCUT2D eigenvalue weighted by molar-refractivity contribution is 9.09. The number of aromatic nitrogens is 1. The molecule has 1 aromatic rings. The van der Waals surface area contributed by atoms with Crippen molar-refractivity contribution in [1.82, 2.24) is 10.3 Å². The Morgan fingerprint density at radius 2 is 2.12 bits per heavy atom. The molecular formula is C13H17BrN2O.